The number of piperidine rings is 1. The van der Waals surface area contributed by atoms with E-state index in [4.69, 9.17) is 19.6 Å². The third kappa shape index (κ3) is 4.27. The lowest BCUT2D eigenvalue weighted by molar-refractivity contribution is -0.00866. The van der Waals surface area contributed by atoms with Gasteiger partial charge in [0, 0.05) is 50.3 Å². The van der Waals surface area contributed by atoms with Gasteiger partial charge in [-0.25, -0.2) is 0 Å². The number of methoxy groups -OCH3 is 1. The van der Waals surface area contributed by atoms with Crippen LogP contribution in [-0.2, 0) is 0 Å². The van der Waals surface area contributed by atoms with Crippen molar-refractivity contribution < 1.29 is 19.0 Å². The summed E-state index contributed by atoms with van der Waals surface area (Å²) in [6, 6.07) is 11.3. The van der Waals surface area contributed by atoms with Gasteiger partial charge in [-0.1, -0.05) is 0 Å². The van der Waals surface area contributed by atoms with Gasteiger partial charge in [-0.15, -0.1) is 0 Å². The summed E-state index contributed by atoms with van der Waals surface area (Å²) >= 11 is 0. The Morgan fingerprint density at radius 2 is 1.97 bits per heavy atom. The molecule has 1 amide bonds. The highest BCUT2D eigenvalue weighted by Gasteiger charge is 2.49. The highest BCUT2D eigenvalue weighted by atomic mass is 16.5. The van der Waals surface area contributed by atoms with Crippen molar-refractivity contribution >= 4 is 17.8 Å². The zero-order valence-electron chi connectivity index (χ0n) is 20.6. The van der Waals surface area contributed by atoms with E-state index >= 15 is 0 Å². The fourth-order valence-electron chi connectivity index (χ4n) is 4.97. The minimum Gasteiger partial charge on any atom is -0.497 e. The molecule has 4 rings (SSSR count). The predicted molar refractivity (Wildman–Crippen MR) is 133 cm³/mol. The van der Waals surface area contributed by atoms with Crippen molar-refractivity contribution in [1.82, 2.24) is 4.90 Å². The maximum Gasteiger partial charge on any atom is 0.253 e. The molecule has 0 aliphatic carbocycles. The molecule has 1 N–H and O–H groups in total. The maximum absolute atomic E-state index is 13.3. The van der Waals surface area contributed by atoms with Crippen molar-refractivity contribution in [2.75, 3.05) is 27.2 Å². The number of carbonyl (C=O) groups is 1. The van der Waals surface area contributed by atoms with Gasteiger partial charge in [-0.3, -0.25) is 9.79 Å². The van der Waals surface area contributed by atoms with Crippen LogP contribution < -0.4 is 14.2 Å². The lowest BCUT2D eigenvalue weighted by Crippen LogP contribution is -2.58. The molecule has 7 nitrogen and oxygen atoms in total. The highest BCUT2D eigenvalue weighted by molar-refractivity contribution is 6.13. The molecule has 7 heteroatoms. The van der Waals surface area contributed by atoms with Gasteiger partial charge in [-0.2, -0.15) is 0 Å². The molecule has 2 heterocycles. The van der Waals surface area contributed by atoms with Gasteiger partial charge in [0.25, 0.3) is 5.91 Å². The zero-order valence-corrected chi connectivity index (χ0v) is 20.6. The molecule has 1 saturated heterocycles. The van der Waals surface area contributed by atoms with Gasteiger partial charge in [0.2, 0.25) is 0 Å². The molecule has 0 radical (unpaired) electrons. The minimum atomic E-state index is -0.597. The van der Waals surface area contributed by atoms with Crippen LogP contribution in [0.5, 0.6) is 17.2 Å². The van der Waals surface area contributed by atoms with Crippen LogP contribution in [0.25, 0.3) is 0 Å². The summed E-state index contributed by atoms with van der Waals surface area (Å²) in [6.07, 6.45) is 2.76. The Bertz CT molecular complexity index is 1120. The third-order valence-corrected chi connectivity index (χ3v) is 6.73. The number of aliphatic imine (C=N–C) groups is 1. The summed E-state index contributed by atoms with van der Waals surface area (Å²) < 4.78 is 17.7. The minimum absolute atomic E-state index is 0.00535. The predicted octanol–water partition coefficient (Wildman–Crippen LogP) is 4.54. The number of carbonyl (C=O) groups excluding carboxylic acids is 1. The molecule has 2 aromatic rings. The summed E-state index contributed by atoms with van der Waals surface area (Å²) in [5, 5.41) is 8.18. The topological polar surface area (TPSA) is 84.2 Å². The van der Waals surface area contributed by atoms with Crippen LogP contribution in [0.1, 0.15) is 48.2 Å². The second-order valence-corrected chi connectivity index (χ2v) is 9.22. The summed E-state index contributed by atoms with van der Waals surface area (Å²) in [7, 11) is 3.38. The Balaban J connectivity index is 1.54. The Morgan fingerprint density at radius 3 is 2.56 bits per heavy atom. The van der Waals surface area contributed by atoms with Crippen molar-refractivity contribution in [3.8, 4) is 17.2 Å². The standard InChI is InChI=1S/C27H33N3O4/c1-17(2)33-23-8-6-19(14-18(23)3)26(31)30-12-10-27(11-13-30)22(16-28)25(29-4)21-15-20(32-5)7-9-24(21)34-27/h6-9,14-17,22,28H,10-13H2,1-5H3. The van der Waals surface area contributed by atoms with E-state index in [9.17, 15) is 4.79 Å². The number of nitrogens with one attached hydrogen (secondary N) is 1. The van der Waals surface area contributed by atoms with Gasteiger partial charge in [0.1, 0.15) is 22.8 Å². The lowest BCUT2D eigenvalue weighted by Gasteiger charge is -2.48. The molecule has 0 saturated carbocycles. The van der Waals surface area contributed by atoms with Crippen LogP contribution in [0, 0.1) is 18.3 Å². The van der Waals surface area contributed by atoms with Crippen LogP contribution in [0.15, 0.2) is 41.4 Å². The maximum atomic E-state index is 13.3. The van der Waals surface area contributed by atoms with Gasteiger partial charge in [-0.05, 0) is 62.7 Å². The van der Waals surface area contributed by atoms with Crippen LogP contribution >= 0.6 is 0 Å². The smallest absolute Gasteiger partial charge is 0.253 e. The van der Waals surface area contributed by atoms with E-state index < -0.39 is 5.60 Å². The molecule has 2 aliphatic rings. The average Bonchev–Trinajstić information content (AvgIpc) is 2.84. The summed E-state index contributed by atoms with van der Waals surface area (Å²) in [6.45, 7) is 7.03. The number of nitrogens with zero attached hydrogens (tertiary/aromatic N) is 2. The normalized spacial score (nSPS) is 20.1. The molecule has 0 aromatic heterocycles. The third-order valence-electron chi connectivity index (χ3n) is 6.73. The molecule has 1 fully saturated rings. The highest BCUT2D eigenvalue weighted by Crippen LogP contribution is 2.44. The van der Waals surface area contributed by atoms with E-state index in [2.05, 4.69) is 4.99 Å². The number of fused-ring (bicyclic) bond motifs is 1. The quantitative estimate of drug-likeness (QED) is 0.660. The first-order valence-electron chi connectivity index (χ1n) is 11.7. The molecule has 2 aliphatic heterocycles. The van der Waals surface area contributed by atoms with Gasteiger partial charge < -0.3 is 24.5 Å². The van der Waals surface area contributed by atoms with Crippen LogP contribution in [-0.4, -0.2) is 61.7 Å². The van der Waals surface area contributed by atoms with E-state index in [-0.39, 0.29) is 17.9 Å². The number of ether oxygens (including phenoxy) is 3. The van der Waals surface area contributed by atoms with E-state index in [1.807, 2.05) is 62.1 Å². The average molecular weight is 464 g/mol. The fourth-order valence-corrected chi connectivity index (χ4v) is 4.97. The van der Waals surface area contributed by atoms with Gasteiger partial charge >= 0.3 is 0 Å². The molecular weight excluding hydrogens is 430 g/mol. The number of aryl methyl sites for hydroxylation is 1. The monoisotopic (exact) mass is 463 g/mol. The number of hydrogen-bond acceptors (Lipinski definition) is 6. The number of benzene rings is 2. The molecular formula is C27H33N3O4. The fraction of sp³-hybridized carbons (Fsp3) is 0.444. The first-order chi connectivity index (χ1) is 16.3. The molecule has 180 valence electrons. The largest absolute Gasteiger partial charge is 0.497 e. The first kappa shape index (κ1) is 23.8. The van der Waals surface area contributed by atoms with E-state index in [1.165, 1.54) is 6.21 Å². The zero-order chi connectivity index (χ0) is 24.5. The summed E-state index contributed by atoms with van der Waals surface area (Å²) in [5.74, 6) is 1.99. The molecule has 1 unspecified atom stereocenters. The van der Waals surface area contributed by atoms with Crippen LogP contribution in [0.3, 0.4) is 0 Å². The molecule has 2 aromatic carbocycles. The molecule has 0 bridgehead atoms. The number of amides is 1. The molecule has 34 heavy (non-hydrogen) atoms. The van der Waals surface area contributed by atoms with Gasteiger partial charge in [0.15, 0.2) is 0 Å². The first-order valence-corrected chi connectivity index (χ1v) is 11.7. The van der Waals surface area contributed by atoms with Crippen LogP contribution in [0.2, 0.25) is 0 Å². The Morgan fingerprint density at radius 1 is 1.24 bits per heavy atom. The van der Waals surface area contributed by atoms with Crippen molar-refractivity contribution in [1.29, 1.82) is 5.41 Å². The molecule has 1 atom stereocenters. The van der Waals surface area contributed by atoms with Crippen molar-refractivity contribution in [2.45, 2.75) is 45.3 Å². The number of hydrogen-bond donors (Lipinski definition) is 1. The number of rotatable bonds is 5. The Hall–Kier alpha value is -3.35. The van der Waals surface area contributed by atoms with E-state index in [0.717, 1.165) is 34.1 Å². The van der Waals surface area contributed by atoms with Crippen molar-refractivity contribution in [3.63, 3.8) is 0 Å². The van der Waals surface area contributed by atoms with Crippen molar-refractivity contribution in [2.24, 2.45) is 10.9 Å². The second-order valence-electron chi connectivity index (χ2n) is 9.22. The Labute approximate surface area is 201 Å². The van der Waals surface area contributed by atoms with E-state index in [1.54, 1.807) is 14.2 Å². The lowest BCUT2D eigenvalue weighted by atomic mass is 9.73. The summed E-state index contributed by atoms with van der Waals surface area (Å²) in [5.41, 5.74) is 2.69. The Kier molecular flexibility index (Phi) is 6.64. The SMILES string of the molecule is CN=C1c2cc(OC)ccc2OC2(CCN(C(=O)c3ccc(OC(C)C)c(C)c3)CC2)C1C=N. The van der Waals surface area contributed by atoms with Crippen LogP contribution in [0.4, 0.5) is 0 Å². The van der Waals surface area contributed by atoms with Crippen molar-refractivity contribution in [3.05, 3.63) is 53.1 Å². The molecule has 1 spiro atoms. The second kappa shape index (κ2) is 9.49. The number of likely N-dealkylation sites (tertiary alicyclic amines) is 1. The van der Waals surface area contributed by atoms with Gasteiger partial charge in [0.05, 0.1) is 24.8 Å². The summed E-state index contributed by atoms with van der Waals surface area (Å²) in [4.78, 5) is 19.7. The van der Waals surface area contributed by atoms with E-state index in [0.29, 0.717) is 31.5 Å².